The molecule has 0 aliphatic heterocycles. The van der Waals surface area contributed by atoms with Crippen LogP contribution in [0.2, 0.25) is 10.0 Å². The molecule has 1 amide bonds. The number of amides is 1. The summed E-state index contributed by atoms with van der Waals surface area (Å²) in [6, 6.07) is 22.4. The first-order chi connectivity index (χ1) is 13.5. The van der Waals surface area contributed by atoms with Gasteiger partial charge < -0.3 is 5.32 Å². The topological polar surface area (TPSA) is 42.0 Å². The molecule has 1 N–H and O–H groups in total. The van der Waals surface area contributed by atoms with E-state index >= 15 is 0 Å². The van der Waals surface area contributed by atoms with Crippen molar-refractivity contribution in [3.05, 3.63) is 94.0 Å². The summed E-state index contributed by atoms with van der Waals surface area (Å²) in [7, 11) is 0. The van der Waals surface area contributed by atoms with Crippen LogP contribution < -0.4 is 5.32 Å². The van der Waals surface area contributed by atoms with Crippen LogP contribution in [0.15, 0.2) is 72.8 Å². The van der Waals surface area contributed by atoms with E-state index in [-0.39, 0.29) is 5.91 Å². The first kappa shape index (κ1) is 18.5. The maximum atomic E-state index is 13.1. The number of pyridine rings is 1. The molecule has 1 heterocycles. The average Bonchev–Trinajstić information content (AvgIpc) is 2.69. The van der Waals surface area contributed by atoms with Crippen LogP contribution in [-0.2, 0) is 0 Å². The van der Waals surface area contributed by atoms with Gasteiger partial charge in [-0.05, 0) is 37.3 Å². The van der Waals surface area contributed by atoms with E-state index in [4.69, 9.17) is 28.2 Å². The van der Waals surface area contributed by atoms with Gasteiger partial charge >= 0.3 is 0 Å². The van der Waals surface area contributed by atoms with Gasteiger partial charge in [-0.2, -0.15) is 0 Å². The van der Waals surface area contributed by atoms with Gasteiger partial charge in [0.15, 0.2) is 0 Å². The number of aromatic nitrogens is 1. The fraction of sp³-hybridized carbons (Fsp3) is 0.0435. The van der Waals surface area contributed by atoms with E-state index in [1.807, 2.05) is 61.5 Å². The zero-order valence-electron chi connectivity index (χ0n) is 15.0. The highest BCUT2D eigenvalue weighted by molar-refractivity contribution is 6.37. The molecule has 5 heteroatoms. The number of anilines is 1. The second-order valence-corrected chi connectivity index (χ2v) is 7.36. The minimum absolute atomic E-state index is 0.254. The number of para-hydroxylation sites is 1. The number of aryl methyl sites for hydroxylation is 1. The van der Waals surface area contributed by atoms with E-state index < -0.39 is 0 Å². The first-order valence-corrected chi connectivity index (χ1v) is 9.50. The number of halogens is 2. The Morgan fingerprint density at radius 2 is 1.68 bits per heavy atom. The van der Waals surface area contributed by atoms with E-state index in [1.165, 1.54) is 5.56 Å². The maximum Gasteiger partial charge on any atom is 0.256 e. The molecule has 4 aromatic rings. The van der Waals surface area contributed by atoms with Crippen molar-refractivity contribution in [2.24, 2.45) is 0 Å². The molecule has 0 bridgehead atoms. The molecule has 138 valence electrons. The highest BCUT2D eigenvalue weighted by Crippen LogP contribution is 2.28. The molecule has 0 spiro atoms. The lowest BCUT2D eigenvalue weighted by Gasteiger charge is -2.12. The zero-order chi connectivity index (χ0) is 19.7. The lowest BCUT2D eigenvalue weighted by molar-refractivity contribution is 0.102. The number of hydrogen-bond acceptors (Lipinski definition) is 2. The summed E-state index contributed by atoms with van der Waals surface area (Å²) in [5, 5.41) is 4.55. The third-order valence-corrected chi connectivity index (χ3v) is 5.04. The van der Waals surface area contributed by atoms with Crippen molar-refractivity contribution >= 4 is 45.7 Å². The smallest absolute Gasteiger partial charge is 0.256 e. The monoisotopic (exact) mass is 406 g/mol. The maximum absolute atomic E-state index is 13.1. The van der Waals surface area contributed by atoms with Gasteiger partial charge in [0.25, 0.3) is 5.91 Å². The van der Waals surface area contributed by atoms with Crippen molar-refractivity contribution in [3.8, 4) is 11.3 Å². The van der Waals surface area contributed by atoms with Crippen molar-refractivity contribution in [2.75, 3.05) is 5.32 Å². The Balaban J connectivity index is 1.80. The molecule has 3 nitrogen and oxygen atoms in total. The molecule has 0 saturated carbocycles. The van der Waals surface area contributed by atoms with Crippen LogP contribution in [-0.4, -0.2) is 10.9 Å². The molecule has 1 aromatic heterocycles. The van der Waals surface area contributed by atoms with E-state index in [0.29, 0.717) is 21.3 Å². The Morgan fingerprint density at radius 1 is 0.929 bits per heavy atom. The normalized spacial score (nSPS) is 10.8. The third kappa shape index (κ3) is 3.72. The third-order valence-electron chi connectivity index (χ3n) is 4.49. The number of carbonyl (C=O) groups excluding carboxylic acids is 1. The summed E-state index contributed by atoms with van der Waals surface area (Å²) in [4.78, 5) is 17.8. The molecular formula is C23H16Cl2N2O. The van der Waals surface area contributed by atoms with Gasteiger partial charge in [0.05, 0.1) is 27.5 Å². The average molecular weight is 407 g/mol. The SMILES string of the molecule is Cc1ccc(-c2cc(C(=O)Nc3ccc(Cl)cc3Cl)c3ccccc3n2)cc1. The van der Waals surface area contributed by atoms with E-state index in [9.17, 15) is 4.79 Å². The zero-order valence-corrected chi connectivity index (χ0v) is 16.6. The number of nitrogens with zero attached hydrogens (tertiary/aromatic N) is 1. The summed E-state index contributed by atoms with van der Waals surface area (Å²) >= 11 is 12.2. The van der Waals surface area contributed by atoms with E-state index in [0.717, 1.165) is 22.2 Å². The van der Waals surface area contributed by atoms with Crippen LogP contribution >= 0.6 is 23.2 Å². The lowest BCUT2D eigenvalue weighted by Crippen LogP contribution is -2.13. The summed E-state index contributed by atoms with van der Waals surface area (Å²) in [5.74, 6) is -0.254. The Morgan fingerprint density at radius 3 is 2.43 bits per heavy atom. The standard InChI is InChI=1S/C23H16Cl2N2O/c1-14-6-8-15(9-7-14)22-13-18(17-4-2-3-5-20(17)26-22)23(28)27-21-11-10-16(24)12-19(21)25/h2-13H,1H3,(H,27,28). The molecule has 0 atom stereocenters. The minimum Gasteiger partial charge on any atom is -0.321 e. The van der Waals surface area contributed by atoms with E-state index in [1.54, 1.807) is 18.2 Å². The largest absolute Gasteiger partial charge is 0.321 e. The highest BCUT2D eigenvalue weighted by Gasteiger charge is 2.15. The van der Waals surface area contributed by atoms with Crippen molar-refractivity contribution in [2.45, 2.75) is 6.92 Å². The number of carbonyl (C=O) groups is 1. The number of hydrogen-bond donors (Lipinski definition) is 1. The van der Waals surface area contributed by atoms with E-state index in [2.05, 4.69) is 5.32 Å². The Bertz CT molecular complexity index is 1190. The van der Waals surface area contributed by atoms with Crippen molar-refractivity contribution in [3.63, 3.8) is 0 Å². The Hall–Kier alpha value is -2.88. The number of rotatable bonds is 3. The summed E-state index contributed by atoms with van der Waals surface area (Å²) in [5.41, 5.74) is 4.66. The van der Waals surface area contributed by atoms with Crippen LogP contribution in [0, 0.1) is 6.92 Å². The van der Waals surface area contributed by atoms with Crippen LogP contribution in [0.4, 0.5) is 5.69 Å². The predicted octanol–water partition coefficient (Wildman–Crippen LogP) is 6.77. The fourth-order valence-corrected chi connectivity index (χ4v) is 3.47. The number of benzene rings is 3. The van der Waals surface area contributed by atoms with Gasteiger partial charge in [-0.3, -0.25) is 4.79 Å². The quantitative estimate of drug-likeness (QED) is 0.407. The van der Waals surface area contributed by atoms with Crippen molar-refractivity contribution in [1.29, 1.82) is 0 Å². The van der Waals surface area contributed by atoms with Crippen LogP contribution in [0.1, 0.15) is 15.9 Å². The van der Waals surface area contributed by atoms with Gasteiger partial charge in [0, 0.05) is 16.0 Å². The van der Waals surface area contributed by atoms with Gasteiger partial charge in [-0.1, -0.05) is 71.2 Å². The van der Waals surface area contributed by atoms with Crippen molar-refractivity contribution in [1.82, 2.24) is 4.98 Å². The number of fused-ring (bicyclic) bond motifs is 1. The van der Waals surface area contributed by atoms with Gasteiger partial charge in [-0.25, -0.2) is 4.98 Å². The number of nitrogens with one attached hydrogen (secondary N) is 1. The fourth-order valence-electron chi connectivity index (χ4n) is 3.02. The van der Waals surface area contributed by atoms with Crippen molar-refractivity contribution < 1.29 is 4.79 Å². The van der Waals surface area contributed by atoms with Gasteiger partial charge in [-0.15, -0.1) is 0 Å². The van der Waals surface area contributed by atoms with Crippen LogP contribution in [0.3, 0.4) is 0 Å². The Labute approximate surface area is 172 Å². The summed E-state index contributed by atoms with van der Waals surface area (Å²) in [6.45, 7) is 2.03. The minimum atomic E-state index is -0.254. The first-order valence-electron chi connectivity index (χ1n) is 8.74. The molecule has 28 heavy (non-hydrogen) atoms. The molecule has 0 aliphatic carbocycles. The second-order valence-electron chi connectivity index (χ2n) is 6.52. The van der Waals surface area contributed by atoms with Crippen LogP contribution in [0.5, 0.6) is 0 Å². The summed E-state index contributed by atoms with van der Waals surface area (Å²) in [6.07, 6.45) is 0. The lowest BCUT2D eigenvalue weighted by atomic mass is 10.0. The molecule has 0 unspecified atom stereocenters. The van der Waals surface area contributed by atoms with Crippen LogP contribution in [0.25, 0.3) is 22.2 Å². The molecule has 4 rings (SSSR count). The van der Waals surface area contributed by atoms with Gasteiger partial charge in [0.2, 0.25) is 0 Å². The molecule has 0 fully saturated rings. The molecule has 0 radical (unpaired) electrons. The predicted molar refractivity (Wildman–Crippen MR) is 116 cm³/mol. The van der Waals surface area contributed by atoms with Gasteiger partial charge in [0.1, 0.15) is 0 Å². The molecule has 0 saturated heterocycles. The Kier molecular flexibility index (Phi) is 5.03. The highest BCUT2D eigenvalue weighted by atomic mass is 35.5. The molecule has 3 aromatic carbocycles. The second kappa shape index (κ2) is 7.63. The summed E-state index contributed by atoms with van der Waals surface area (Å²) < 4.78 is 0. The molecule has 0 aliphatic rings. The molecular weight excluding hydrogens is 391 g/mol.